The van der Waals surface area contributed by atoms with E-state index in [0.29, 0.717) is 5.56 Å². The number of benzene rings is 3. The normalized spacial score (nSPS) is 11.9. The number of nitrogens with zero attached hydrogens (tertiary/aromatic N) is 1. The highest BCUT2D eigenvalue weighted by Crippen LogP contribution is 2.44. The Bertz CT molecular complexity index is 1160. The minimum absolute atomic E-state index is 0.0690. The van der Waals surface area contributed by atoms with Crippen molar-refractivity contribution in [2.75, 3.05) is 11.9 Å². The van der Waals surface area contributed by atoms with E-state index in [0.717, 1.165) is 22.3 Å². The van der Waals surface area contributed by atoms with Crippen molar-refractivity contribution in [3.05, 3.63) is 88.5 Å². The summed E-state index contributed by atoms with van der Waals surface area (Å²) in [6.45, 7) is 1.77. The molecular weight excluding hydrogens is 380 g/mol. The van der Waals surface area contributed by atoms with Crippen molar-refractivity contribution in [2.24, 2.45) is 0 Å². The van der Waals surface area contributed by atoms with Gasteiger partial charge in [0.2, 0.25) is 0 Å². The summed E-state index contributed by atoms with van der Waals surface area (Å²) in [6, 6.07) is 20.8. The van der Waals surface area contributed by atoms with E-state index >= 15 is 0 Å². The molecule has 0 saturated carbocycles. The number of carboxylic acids is 1. The molecule has 0 heterocycles. The summed E-state index contributed by atoms with van der Waals surface area (Å²) in [5.74, 6) is -1.30. The molecule has 3 aromatic carbocycles. The standard InChI is InChI=1S/C24H18N2O4/c1-14-10-15(11-20(23(27)28)21(14)12-25)26-24(29)30-13-22-18-8-4-2-6-16(18)17-7-3-5-9-19(17)22/h2-11,22H,13H2,1H3,(H,26,29)(H,27,28). The highest BCUT2D eigenvalue weighted by molar-refractivity contribution is 5.94. The van der Waals surface area contributed by atoms with E-state index < -0.39 is 12.1 Å². The molecule has 4 rings (SSSR count). The molecule has 6 nitrogen and oxygen atoms in total. The number of aromatic carboxylic acids is 1. The highest BCUT2D eigenvalue weighted by atomic mass is 16.5. The maximum Gasteiger partial charge on any atom is 0.411 e. The van der Waals surface area contributed by atoms with E-state index in [1.54, 1.807) is 13.0 Å². The van der Waals surface area contributed by atoms with Crippen LogP contribution in [0.25, 0.3) is 11.1 Å². The number of ether oxygens (including phenoxy) is 1. The first-order valence-corrected chi connectivity index (χ1v) is 9.39. The summed E-state index contributed by atoms with van der Waals surface area (Å²) in [7, 11) is 0. The number of carboxylic acid groups (broad SMARTS) is 1. The minimum atomic E-state index is -1.23. The lowest BCUT2D eigenvalue weighted by atomic mass is 9.98. The van der Waals surface area contributed by atoms with Gasteiger partial charge in [-0.2, -0.15) is 5.26 Å². The number of nitriles is 1. The molecule has 148 valence electrons. The molecule has 6 heteroatoms. The zero-order valence-electron chi connectivity index (χ0n) is 16.2. The van der Waals surface area contributed by atoms with Crippen LogP contribution in [0.5, 0.6) is 0 Å². The molecule has 0 saturated heterocycles. The Morgan fingerprint density at radius 3 is 2.23 bits per heavy atom. The lowest BCUT2D eigenvalue weighted by Crippen LogP contribution is -2.18. The van der Waals surface area contributed by atoms with Crippen molar-refractivity contribution >= 4 is 17.7 Å². The van der Waals surface area contributed by atoms with Crippen LogP contribution in [0.1, 0.15) is 38.5 Å². The van der Waals surface area contributed by atoms with Gasteiger partial charge in [-0.3, -0.25) is 5.32 Å². The third-order valence-corrected chi connectivity index (χ3v) is 5.27. The van der Waals surface area contributed by atoms with Crippen LogP contribution in [-0.2, 0) is 4.74 Å². The number of amides is 1. The lowest BCUT2D eigenvalue weighted by molar-refractivity contribution is 0.0696. The van der Waals surface area contributed by atoms with Crippen molar-refractivity contribution < 1.29 is 19.4 Å². The topological polar surface area (TPSA) is 99.4 Å². The summed E-state index contributed by atoms with van der Waals surface area (Å²) in [6.07, 6.45) is -0.683. The average molecular weight is 398 g/mol. The van der Waals surface area contributed by atoms with Crippen LogP contribution < -0.4 is 5.32 Å². The Kier molecular flexibility index (Phi) is 4.95. The van der Waals surface area contributed by atoms with E-state index in [-0.39, 0.29) is 29.3 Å². The molecule has 0 fully saturated rings. The molecular formula is C24H18N2O4. The van der Waals surface area contributed by atoms with Crippen LogP contribution >= 0.6 is 0 Å². The number of hydrogen-bond donors (Lipinski definition) is 2. The molecule has 0 radical (unpaired) electrons. The van der Waals surface area contributed by atoms with Crippen molar-refractivity contribution in [1.29, 1.82) is 5.26 Å². The molecule has 0 unspecified atom stereocenters. The van der Waals surface area contributed by atoms with Gasteiger partial charge < -0.3 is 9.84 Å². The number of aryl methyl sites for hydroxylation is 1. The zero-order chi connectivity index (χ0) is 21.3. The Labute approximate surface area is 173 Å². The maximum absolute atomic E-state index is 12.4. The number of anilines is 1. The van der Waals surface area contributed by atoms with E-state index in [2.05, 4.69) is 17.4 Å². The summed E-state index contributed by atoms with van der Waals surface area (Å²) >= 11 is 0. The Hall–Kier alpha value is -4.11. The maximum atomic E-state index is 12.4. The quantitative estimate of drug-likeness (QED) is 0.649. The van der Waals surface area contributed by atoms with E-state index in [9.17, 15) is 14.7 Å². The van der Waals surface area contributed by atoms with Gasteiger partial charge in [-0.15, -0.1) is 0 Å². The fourth-order valence-electron chi connectivity index (χ4n) is 3.93. The van der Waals surface area contributed by atoms with Gasteiger partial charge in [-0.1, -0.05) is 48.5 Å². The van der Waals surface area contributed by atoms with Crippen molar-refractivity contribution in [1.82, 2.24) is 0 Å². The smallest absolute Gasteiger partial charge is 0.411 e. The zero-order valence-corrected chi connectivity index (χ0v) is 16.2. The SMILES string of the molecule is Cc1cc(NC(=O)OCC2c3ccccc3-c3ccccc32)cc(C(=O)O)c1C#N. The van der Waals surface area contributed by atoms with Crippen molar-refractivity contribution in [3.63, 3.8) is 0 Å². The van der Waals surface area contributed by atoms with Crippen LogP contribution in [0.15, 0.2) is 60.7 Å². The molecule has 0 aromatic heterocycles. The van der Waals surface area contributed by atoms with Crippen molar-refractivity contribution in [3.8, 4) is 17.2 Å². The molecule has 0 aliphatic heterocycles. The lowest BCUT2D eigenvalue weighted by Gasteiger charge is -2.15. The van der Waals surface area contributed by atoms with Gasteiger partial charge in [0, 0.05) is 11.6 Å². The predicted molar refractivity (Wildman–Crippen MR) is 112 cm³/mol. The number of nitrogens with one attached hydrogen (secondary N) is 1. The molecule has 0 bridgehead atoms. The largest absolute Gasteiger partial charge is 0.478 e. The molecule has 1 amide bonds. The van der Waals surface area contributed by atoms with Gasteiger partial charge in [-0.25, -0.2) is 9.59 Å². The number of carbonyl (C=O) groups excluding carboxylic acids is 1. The van der Waals surface area contributed by atoms with Crippen molar-refractivity contribution in [2.45, 2.75) is 12.8 Å². The first kappa shape index (κ1) is 19.2. The van der Waals surface area contributed by atoms with Crippen LogP contribution in [0.4, 0.5) is 10.5 Å². The fourth-order valence-corrected chi connectivity index (χ4v) is 3.93. The Balaban J connectivity index is 1.52. The van der Waals surface area contributed by atoms with Crippen LogP contribution in [0.3, 0.4) is 0 Å². The van der Waals surface area contributed by atoms with Gasteiger partial charge in [0.25, 0.3) is 0 Å². The second-order valence-corrected chi connectivity index (χ2v) is 7.08. The Morgan fingerprint density at radius 2 is 1.67 bits per heavy atom. The summed E-state index contributed by atoms with van der Waals surface area (Å²) in [4.78, 5) is 23.8. The second-order valence-electron chi connectivity index (χ2n) is 7.08. The van der Waals surface area contributed by atoms with E-state index in [1.807, 2.05) is 42.5 Å². The third kappa shape index (κ3) is 3.38. The van der Waals surface area contributed by atoms with Gasteiger partial charge in [0.05, 0.1) is 11.1 Å². The molecule has 0 atom stereocenters. The fraction of sp³-hybridized carbons (Fsp3) is 0.125. The number of hydrogen-bond acceptors (Lipinski definition) is 4. The van der Waals surface area contributed by atoms with Crippen LogP contribution in [0.2, 0.25) is 0 Å². The summed E-state index contributed by atoms with van der Waals surface area (Å²) in [5.41, 5.74) is 5.12. The van der Waals surface area contributed by atoms with Crippen LogP contribution in [-0.4, -0.2) is 23.8 Å². The predicted octanol–water partition coefficient (Wildman–Crippen LogP) is 4.93. The minimum Gasteiger partial charge on any atom is -0.478 e. The number of fused-ring (bicyclic) bond motifs is 3. The first-order chi connectivity index (χ1) is 14.5. The molecule has 1 aliphatic rings. The molecule has 0 spiro atoms. The monoisotopic (exact) mass is 398 g/mol. The van der Waals surface area contributed by atoms with E-state index in [1.165, 1.54) is 6.07 Å². The highest BCUT2D eigenvalue weighted by Gasteiger charge is 2.29. The molecule has 30 heavy (non-hydrogen) atoms. The van der Waals surface area contributed by atoms with Gasteiger partial charge in [0.15, 0.2) is 0 Å². The molecule has 2 N–H and O–H groups in total. The summed E-state index contributed by atoms with van der Waals surface area (Å²) in [5, 5.41) is 21.0. The average Bonchev–Trinajstić information content (AvgIpc) is 3.05. The number of rotatable bonds is 4. The third-order valence-electron chi connectivity index (χ3n) is 5.27. The molecule has 3 aromatic rings. The van der Waals surface area contributed by atoms with Gasteiger partial charge >= 0.3 is 12.1 Å². The van der Waals surface area contributed by atoms with Crippen LogP contribution in [0, 0.1) is 18.3 Å². The summed E-state index contributed by atoms with van der Waals surface area (Å²) < 4.78 is 5.48. The van der Waals surface area contributed by atoms with Gasteiger partial charge in [-0.05, 0) is 46.9 Å². The molecule has 1 aliphatic carbocycles. The first-order valence-electron chi connectivity index (χ1n) is 9.39. The van der Waals surface area contributed by atoms with E-state index in [4.69, 9.17) is 10.00 Å². The second kappa shape index (κ2) is 7.72. The Morgan fingerprint density at radius 1 is 1.07 bits per heavy atom. The number of carbonyl (C=O) groups is 2. The van der Waals surface area contributed by atoms with Gasteiger partial charge in [0.1, 0.15) is 12.7 Å².